The lowest BCUT2D eigenvalue weighted by atomic mass is 10.2. The third kappa shape index (κ3) is 3.76. The van der Waals surface area contributed by atoms with Crippen LogP contribution in [0.15, 0.2) is 54.5 Å². The number of nitrogens with zero attached hydrogens (tertiary/aromatic N) is 1. The summed E-state index contributed by atoms with van der Waals surface area (Å²) in [6.07, 6.45) is 3.52. The van der Waals surface area contributed by atoms with Gasteiger partial charge in [0.2, 0.25) is 11.8 Å². The third-order valence-electron chi connectivity index (χ3n) is 3.12. The van der Waals surface area contributed by atoms with E-state index in [0.29, 0.717) is 13.1 Å². The number of fused-ring (bicyclic) bond motifs is 1. The number of thioether (sulfide) groups is 1. The molecule has 2 amide bonds. The molecule has 0 bridgehead atoms. The van der Waals surface area contributed by atoms with Crippen molar-refractivity contribution in [3.63, 3.8) is 0 Å². The highest BCUT2D eigenvalue weighted by Gasteiger charge is 2.29. The van der Waals surface area contributed by atoms with Crippen molar-refractivity contribution < 1.29 is 9.59 Å². The molecule has 21 heavy (non-hydrogen) atoms. The molecule has 1 aliphatic heterocycles. The van der Waals surface area contributed by atoms with E-state index in [-0.39, 0.29) is 18.2 Å². The summed E-state index contributed by atoms with van der Waals surface area (Å²) < 4.78 is 0. The Balaban J connectivity index is 2.05. The van der Waals surface area contributed by atoms with E-state index in [4.69, 9.17) is 0 Å². The number of hydrogen-bond donors (Lipinski definition) is 1. The van der Waals surface area contributed by atoms with Gasteiger partial charge in [-0.3, -0.25) is 9.59 Å². The van der Waals surface area contributed by atoms with Crippen LogP contribution in [0.4, 0.5) is 5.69 Å². The molecule has 1 aromatic rings. The molecule has 1 aliphatic rings. The van der Waals surface area contributed by atoms with E-state index in [1.165, 1.54) is 11.8 Å². The number of benzene rings is 1. The summed E-state index contributed by atoms with van der Waals surface area (Å²) in [7, 11) is 0. The van der Waals surface area contributed by atoms with Crippen molar-refractivity contribution in [1.29, 1.82) is 0 Å². The number of anilines is 1. The number of para-hydroxylation sites is 1. The molecule has 0 aliphatic carbocycles. The van der Waals surface area contributed by atoms with E-state index in [9.17, 15) is 9.59 Å². The Morgan fingerprint density at radius 1 is 1.29 bits per heavy atom. The Hall–Kier alpha value is -2.01. The molecule has 0 aromatic heterocycles. The largest absolute Gasteiger partial charge is 0.335 e. The summed E-state index contributed by atoms with van der Waals surface area (Å²) in [5.41, 5.74) is 0.810. The van der Waals surface area contributed by atoms with Crippen LogP contribution in [0.2, 0.25) is 0 Å². The molecular formula is C16H18N2O2S. The number of amides is 2. The van der Waals surface area contributed by atoms with E-state index in [1.807, 2.05) is 24.3 Å². The first-order valence-electron chi connectivity index (χ1n) is 6.71. The topological polar surface area (TPSA) is 49.4 Å². The quantitative estimate of drug-likeness (QED) is 0.822. The summed E-state index contributed by atoms with van der Waals surface area (Å²) >= 11 is 1.44. The van der Waals surface area contributed by atoms with Crippen LogP contribution >= 0.6 is 11.8 Å². The second-order valence-corrected chi connectivity index (χ2v) is 5.92. The smallest absolute Gasteiger partial charge is 0.238 e. The Kier molecular flexibility index (Phi) is 5.22. The lowest BCUT2D eigenvalue weighted by Crippen LogP contribution is -2.37. The Labute approximate surface area is 128 Å². The van der Waals surface area contributed by atoms with Crippen LogP contribution in [-0.4, -0.2) is 35.1 Å². The lowest BCUT2D eigenvalue weighted by molar-refractivity contribution is -0.131. The SMILES string of the molecule is C=CCN(CC=C)C(=O)C[C@H]1Sc2ccccc2NC1=O. The van der Waals surface area contributed by atoms with Gasteiger partial charge < -0.3 is 10.2 Å². The second kappa shape index (κ2) is 7.13. The Bertz CT molecular complexity index is 561. The first-order chi connectivity index (χ1) is 10.2. The van der Waals surface area contributed by atoms with E-state index in [0.717, 1.165) is 10.6 Å². The van der Waals surface area contributed by atoms with Gasteiger partial charge in [0.1, 0.15) is 0 Å². The maximum Gasteiger partial charge on any atom is 0.238 e. The van der Waals surface area contributed by atoms with Crippen molar-refractivity contribution in [3.05, 3.63) is 49.6 Å². The molecule has 1 heterocycles. The van der Waals surface area contributed by atoms with Crippen LogP contribution in [-0.2, 0) is 9.59 Å². The number of carbonyl (C=O) groups excluding carboxylic acids is 2. The fourth-order valence-corrected chi connectivity index (χ4v) is 3.21. The molecule has 0 saturated heterocycles. The van der Waals surface area contributed by atoms with Crippen LogP contribution in [0.5, 0.6) is 0 Å². The minimum absolute atomic E-state index is 0.0677. The van der Waals surface area contributed by atoms with Crippen molar-refractivity contribution in [3.8, 4) is 0 Å². The van der Waals surface area contributed by atoms with Gasteiger partial charge in [-0.2, -0.15) is 0 Å². The van der Waals surface area contributed by atoms with E-state index >= 15 is 0 Å². The van der Waals surface area contributed by atoms with Crippen molar-refractivity contribution in [1.82, 2.24) is 4.90 Å². The van der Waals surface area contributed by atoms with E-state index < -0.39 is 5.25 Å². The molecule has 0 saturated carbocycles. The van der Waals surface area contributed by atoms with Gasteiger partial charge in [0.25, 0.3) is 0 Å². The summed E-state index contributed by atoms with van der Waals surface area (Å²) in [6, 6.07) is 7.60. The molecule has 0 fully saturated rings. The second-order valence-electron chi connectivity index (χ2n) is 4.67. The van der Waals surface area contributed by atoms with Gasteiger partial charge >= 0.3 is 0 Å². The molecule has 0 radical (unpaired) electrons. The molecule has 1 aromatic carbocycles. The van der Waals surface area contributed by atoms with Gasteiger partial charge in [-0.05, 0) is 12.1 Å². The monoisotopic (exact) mass is 302 g/mol. The van der Waals surface area contributed by atoms with Crippen LogP contribution in [0, 0.1) is 0 Å². The summed E-state index contributed by atoms with van der Waals surface area (Å²) in [5.74, 6) is -0.189. The fraction of sp³-hybridized carbons (Fsp3) is 0.250. The van der Waals surface area contributed by atoms with Gasteiger partial charge in [0.15, 0.2) is 0 Å². The van der Waals surface area contributed by atoms with Gasteiger partial charge in [-0.25, -0.2) is 0 Å². The molecule has 1 atom stereocenters. The average molecular weight is 302 g/mol. The molecule has 5 heteroatoms. The van der Waals surface area contributed by atoms with Crippen LogP contribution < -0.4 is 5.32 Å². The molecule has 0 unspecified atom stereocenters. The average Bonchev–Trinajstić information content (AvgIpc) is 2.47. The predicted molar refractivity (Wildman–Crippen MR) is 86.3 cm³/mol. The van der Waals surface area contributed by atoms with Gasteiger partial charge in [0, 0.05) is 24.4 Å². The molecular weight excluding hydrogens is 284 g/mol. The number of hydrogen-bond acceptors (Lipinski definition) is 3. The standard InChI is InChI=1S/C16H18N2O2S/c1-3-9-18(10-4-2)15(19)11-14-16(20)17-12-7-5-6-8-13(12)21-14/h3-8,14H,1-2,9-11H2,(H,17,20)/t14-/m1/s1. The maximum atomic E-state index is 12.3. The highest BCUT2D eigenvalue weighted by Crippen LogP contribution is 2.36. The summed E-state index contributed by atoms with van der Waals surface area (Å²) in [4.78, 5) is 27.0. The van der Waals surface area contributed by atoms with Gasteiger partial charge in [-0.15, -0.1) is 24.9 Å². The van der Waals surface area contributed by atoms with Gasteiger partial charge in [-0.1, -0.05) is 24.3 Å². The Morgan fingerprint density at radius 2 is 1.95 bits per heavy atom. The van der Waals surface area contributed by atoms with Crippen LogP contribution in [0.3, 0.4) is 0 Å². The fourth-order valence-electron chi connectivity index (χ4n) is 2.10. The zero-order chi connectivity index (χ0) is 15.2. The number of rotatable bonds is 6. The molecule has 4 nitrogen and oxygen atoms in total. The van der Waals surface area contributed by atoms with Crippen molar-refractivity contribution in [2.75, 3.05) is 18.4 Å². The highest BCUT2D eigenvalue weighted by molar-refractivity contribution is 8.01. The maximum absolute atomic E-state index is 12.3. The van der Waals surface area contributed by atoms with Gasteiger partial charge in [0.05, 0.1) is 10.9 Å². The summed E-state index contributed by atoms with van der Waals surface area (Å²) in [5, 5.41) is 2.45. The lowest BCUT2D eigenvalue weighted by Gasteiger charge is -2.26. The normalized spacial score (nSPS) is 16.6. The van der Waals surface area contributed by atoms with Crippen molar-refractivity contribution in [2.45, 2.75) is 16.6 Å². The van der Waals surface area contributed by atoms with Crippen LogP contribution in [0.1, 0.15) is 6.42 Å². The number of carbonyl (C=O) groups is 2. The molecule has 110 valence electrons. The Morgan fingerprint density at radius 3 is 2.62 bits per heavy atom. The van der Waals surface area contributed by atoms with E-state index in [2.05, 4.69) is 18.5 Å². The predicted octanol–water partition coefficient (Wildman–Crippen LogP) is 2.69. The van der Waals surface area contributed by atoms with Crippen molar-refractivity contribution >= 4 is 29.3 Å². The zero-order valence-electron chi connectivity index (χ0n) is 11.7. The molecule has 0 spiro atoms. The summed E-state index contributed by atoms with van der Waals surface area (Å²) in [6.45, 7) is 8.21. The minimum Gasteiger partial charge on any atom is -0.335 e. The zero-order valence-corrected chi connectivity index (χ0v) is 12.6. The molecule has 1 N–H and O–H groups in total. The third-order valence-corrected chi connectivity index (χ3v) is 4.39. The minimum atomic E-state index is -0.399. The number of nitrogens with one attached hydrogen (secondary N) is 1. The highest BCUT2D eigenvalue weighted by atomic mass is 32.2. The first kappa shape index (κ1) is 15.4. The van der Waals surface area contributed by atoms with E-state index in [1.54, 1.807) is 17.1 Å². The van der Waals surface area contributed by atoms with Crippen molar-refractivity contribution in [2.24, 2.45) is 0 Å². The first-order valence-corrected chi connectivity index (χ1v) is 7.59. The van der Waals surface area contributed by atoms with Crippen LogP contribution in [0.25, 0.3) is 0 Å². The molecule has 2 rings (SSSR count).